The van der Waals surface area contributed by atoms with Crippen molar-refractivity contribution in [2.75, 3.05) is 26.2 Å². The minimum atomic E-state index is -0.506. The fourth-order valence-electron chi connectivity index (χ4n) is 6.36. The van der Waals surface area contributed by atoms with Gasteiger partial charge in [0.1, 0.15) is 0 Å². The molecule has 0 heterocycles. The van der Waals surface area contributed by atoms with E-state index in [0.717, 1.165) is 25.9 Å². The lowest BCUT2D eigenvalue weighted by molar-refractivity contribution is -0.150. The summed E-state index contributed by atoms with van der Waals surface area (Å²) in [7, 11) is 0. The number of halogens is 1. The highest BCUT2D eigenvalue weighted by molar-refractivity contribution is 5.85. The Balaban J connectivity index is 0. The molecule has 0 bridgehead atoms. The zero-order valence-corrected chi connectivity index (χ0v) is 31.9. The molecule has 5 nitrogen and oxygen atoms in total. The Morgan fingerprint density at radius 2 is 0.674 bits per heavy atom. The molecule has 0 aromatic rings. The minimum absolute atomic E-state index is 0. The van der Waals surface area contributed by atoms with Crippen molar-refractivity contribution < 1.29 is 14.3 Å². The summed E-state index contributed by atoms with van der Waals surface area (Å²) in [6.07, 6.45) is 43.1. The fraction of sp³-hybridized carbons (Fsp3) is 0.950. The predicted molar refractivity (Wildman–Crippen MR) is 203 cm³/mol. The van der Waals surface area contributed by atoms with Gasteiger partial charge >= 0.3 is 5.97 Å². The number of hydrogen-bond donors (Lipinski definition) is 1. The Labute approximate surface area is 294 Å². The van der Waals surface area contributed by atoms with Crippen molar-refractivity contribution in [2.24, 2.45) is 5.73 Å². The van der Waals surface area contributed by atoms with Gasteiger partial charge in [-0.25, -0.2) is 0 Å². The van der Waals surface area contributed by atoms with Crippen LogP contribution in [0.4, 0.5) is 0 Å². The van der Waals surface area contributed by atoms with E-state index in [9.17, 15) is 9.59 Å². The molecule has 0 aliphatic rings. The smallest absolute Gasteiger partial charge is 0.320 e. The molecule has 0 rings (SSSR count). The van der Waals surface area contributed by atoms with Crippen LogP contribution < -0.4 is 5.73 Å². The summed E-state index contributed by atoms with van der Waals surface area (Å²) in [5.74, 6) is -0.577. The first-order chi connectivity index (χ1) is 22.2. The number of nitrogens with zero attached hydrogens (tertiary/aromatic N) is 1. The third-order valence-electron chi connectivity index (χ3n) is 9.44. The molecule has 0 saturated carbocycles. The number of carbonyl (C=O) groups excluding carboxylic acids is 2. The van der Waals surface area contributed by atoms with Crippen molar-refractivity contribution in [3.63, 3.8) is 0 Å². The summed E-state index contributed by atoms with van der Waals surface area (Å²) in [5, 5.41) is 0. The van der Waals surface area contributed by atoms with Gasteiger partial charge in [-0.05, 0) is 12.8 Å². The van der Waals surface area contributed by atoms with Crippen LogP contribution in [0.25, 0.3) is 0 Å². The van der Waals surface area contributed by atoms with Crippen LogP contribution in [0.5, 0.6) is 0 Å². The van der Waals surface area contributed by atoms with Gasteiger partial charge < -0.3 is 15.4 Å². The molecule has 0 unspecified atom stereocenters. The van der Waals surface area contributed by atoms with E-state index in [1.54, 1.807) is 0 Å². The molecular formula is C40H81ClN2O3. The van der Waals surface area contributed by atoms with Crippen LogP contribution in [0.1, 0.15) is 219 Å². The number of esters is 1. The quantitative estimate of drug-likeness (QED) is 0.0526. The van der Waals surface area contributed by atoms with Crippen LogP contribution >= 0.6 is 12.4 Å². The van der Waals surface area contributed by atoms with E-state index < -0.39 is 5.97 Å². The van der Waals surface area contributed by atoms with Gasteiger partial charge in [0.05, 0.1) is 6.54 Å². The van der Waals surface area contributed by atoms with Crippen molar-refractivity contribution in [3.8, 4) is 0 Å². The minimum Gasteiger partial charge on any atom is -0.455 e. The highest BCUT2D eigenvalue weighted by atomic mass is 35.5. The maximum absolute atomic E-state index is 12.8. The lowest BCUT2D eigenvalue weighted by Gasteiger charge is -2.22. The summed E-state index contributed by atoms with van der Waals surface area (Å²) in [5.41, 5.74) is 5.34. The monoisotopic (exact) mass is 673 g/mol. The largest absolute Gasteiger partial charge is 0.455 e. The van der Waals surface area contributed by atoms with E-state index in [1.807, 2.05) is 4.90 Å². The second kappa shape index (κ2) is 40.4. The maximum Gasteiger partial charge on any atom is 0.320 e. The van der Waals surface area contributed by atoms with Crippen LogP contribution in [0.15, 0.2) is 0 Å². The zero-order chi connectivity index (χ0) is 32.9. The first-order valence-corrected chi connectivity index (χ1v) is 20.3. The molecule has 0 aromatic heterocycles. The first-order valence-electron chi connectivity index (χ1n) is 20.3. The standard InChI is InChI=1S/C40H80N2O3.ClH/c1-3-5-7-9-11-13-15-17-19-21-23-25-27-29-31-33-35-42(39(43)38-45-40(44)37-41)36-34-32-30-28-26-24-22-20-18-16-14-12-10-8-6-4-2;/h3-38,41H2,1-2H3;1H. The normalized spacial score (nSPS) is 11.0. The number of unbranched alkanes of at least 4 members (excludes halogenated alkanes) is 30. The number of nitrogens with two attached hydrogens (primary N) is 1. The number of carbonyl (C=O) groups is 2. The Kier molecular flexibility index (Phi) is 41.5. The Morgan fingerprint density at radius 1 is 0.435 bits per heavy atom. The molecule has 0 saturated heterocycles. The third-order valence-corrected chi connectivity index (χ3v) is 9.44. The van der Waals surface area contributed by atoms with Gasteiger partial charge in [-0.3, -0.25) is 9.59 Å². The predicted octanol–water partition coefficient (Wildman–Crippen LogP) is 12.3. The Hall–Kier alpha value is -0.810. The average Bonchev–Trinajstić information content (AvgIpc) is 3.05. The summed E-state index contributed by atoms with van der Waals surface area (Å²) >= 11 is 0. The Bertz CT molecular complexity index is 583. The van der Waals surface area contributed by atoms with E-state index >= 15 is 0 Å². The molecule has 46 heavy (non-hydrogen) atoms. The third kappa shape index (κ3) is 36.0. The van der Waals surface area contributed by atoms with Crippen LogP contribution in [-0.2, 0) is 14.3 Å². The van der Waals surface area contributed by atoms with Gasteiger partial charge in [0.25, 0.3) is 5.91 Å². The maximum atomic E-state index is 12.8. The van der Waals surface area contributed by atoms with Crippen molar-refractivity contribution >= 4 is 24.3 Å². The molecule has 1 amide bonds. The molecule has 0 aliphatic carbocycles. The number of amides is 1. The first kappa shape index (κ1) is 47.3. The van der Waals surface area contributed by atoms with Crippen LogP contribution in [-0.4, -0.2) is 43.0 Å². The number of ether oxygens (including phenoxy) is 1. The highest BCUT2D eigenvalue weighted by Crippen LogP contribution is 2.16. The van der Waals surface area contributed by atoms with Crippen molar-refractivity contribution in [1.29, 1.82) is 0 Å². The molecule has 0 radical (unpaired) electrons. The van der Waals surface area contributed by atoms with Gasteiger partial charge in [0.15, 0.2) is 6.61 Å². The van der Waals surface area contributed by atoms with Crippen LogP contribution in [0.2, 0.25) is 0 Å². The van der Waals surface area contributed by atoms with E-state index in [2.05, 4.69) is 13.8 Å². The van der Waals surface area contributed by atoms with Gasteiger partial charge in [0.2, 0.25) is 0 Å². The topological polar surface area (TPSA) is 72.6 Å². The molecular weight excluding hydrogens is 592 g/mol. The lowest BCUT2D eigenvalue weighted by atomic mass is 10.0. The molecule has 276 valence electrons. The van der Waals surface area contributed by atoms with E-state index in [1.165, 1.54) is 193 Å². The van der Waals surface area contributed by atoms with Crippen LogP contribution in [0, 0.1) is 0 Å². The van der Waals surface area contributed by atoms with Gasteiger partial charge in [-0.1, -0.05) is 206 Å². The average molecular weight is 674 g/mol. The van der Waals surface area contributed by atoms with Crippen molar-refractivity contribution in [1.82, 2.24) is 4.90 Å². The highest BCUT2D eigenvalue weighted by Gasteiger charge is 2.15. The molecule has 2 N–H and O–H groups in total. The lowest BCUT2D eigenvalue weighted by Crippen LogP contribution is -2.37. The second-order valence-electron chi connectivity index (χ2n) is 13.9. The van der Waals surface area contributed by atoms with E-state index in [-0.39, 0.29) is 31.5 Å². The van der Waals surface area contributed by atoms with E-state index in [0.29, 0.717) is 0 Å². The summed E-state index contributed by atoms with van der Waals surface area (Å²) in [6, 6.07) is 0. The molecule has 0 atom stereocenters. The van der Waals surface area contributed by atoms with Gasteiger partial charge in [-0.2, -0.15) is 0 Å². The number of hydrogen-bond acceptors (Lipinski definition) is 4. The SMILES string of the molecule is CCCCCCCCCCCCCCCCCCN(CCCCCCCCCCCCCCCCCC)C(=O)COC(=O)CN.Cl. The number of rotatable bonds is 37. The summed E-state index contributed by atoms with van der Waals surface area (Å²) in [6.45, 7) is 5.77. The fourth-order valence-corrected chi connectivity index (χ4v) is 6.36. The van der Waals surface area contributed by atoms with Crippen LogP contribution in [0.3, 0.4) is 0 Å². The van der Waals surface area contributed by atoms with E-state index in [4.69, 9.17) is 10.5 Å². The molecule has 0 fully saturated rings. The zero-order valence-electron chi connectivity index (χ0n) is 31.1. The summed E-state index contributed by atoms with van der Waals surface area (Å²) in [4.78, 5) is 26.1. The summed E-state index contributed by atoms with van der Waals surface area (Å²) < 4.78 is 5.04. The molecule has 0 spiro atoms. The second-order valence-corrected chi connectivity index (χ2v) is 13.9. The van der Waals surface area contributed by atoms with Gasteiger partial charge in [-0.15, -0.1) is 12.4 Å². The van der Waals surface area contributed by atoms with Crippen molar-refractivity contribution in [2.45, 2.75) is 219 Å². The Morgan fingerprint density at radius 3 is 0.913 bits per heavy atom. The molecule has 0 aromatic carbocycles. The molecule has 6 heteroatoms. The van der Waals surface area contributed by atoms with Gasteiger partial charge in [0, 0.05) is 13.1 Å². The molecule has 0 aliphatic heterocycles. The van der Waals surface area contributed by atoms with Crippen molar-refractivity contribution in [3.05, 3.63) is 0 Å².